The number of carbonyl (C=O) groups is 3. The molecule has 49 heavy (non-hydrogen) atoms. The van der Waals surface area contributed by atoms with E-state index in [2.05, 4.69) is 44.4 Å². The van der Waals surface area contributed by atoms with Crippen LogP contribution in [0.15, 0.2) is 18.2 Å². The molecule has 3 unspecified atom stereocenters. The molecule has 1 aliphatic heterocycles. The van der Waals surface area contributed by atoms with Crippen molar-refractivity contribution < 1.29 is 50.9 Å². The number of alkyl halides is 6. The second kappa shape index (κ2) is 14.6. The number of amides is 1. The van der Waals surface area contributed by atoms with Crippen molar-refractivity contribution in [3.05, 3.63) is 29.6 Å². The van der Waals surface area contributed by atoms with Gasteiger partial charge >= 0.3 is 24.3 Å². The molecule has 0 radical (unpaired) electrons. The van der Waals surface area contributed by atoms with Gasteiger partial charge in [-0.05, 0) is 62.0 Å². The lowest BCUT2D eigenvalue weighted by Gasteiger charge is -2.39. The number of aryl methyl sites for hydroxylation is 1. The fourth-order valence-corrected chi connectivity index (χ4v) is 7.13. The number of nitrogens with one attached hydrogen (secondary N) is 3. The number of hydrogen-bond acceptors (Lipinski definition) is 7. The zero-order chi connectivity index (χ0) is 37.1. The van der Waals surface area contributed by atoms with Crippen molar-refractivity contribution in [2.75, 3.05) is 11.9 Å². The van der Waals surface area contributed by atoms with Gasteiger partial charge in [-0.2, -0.15) is 26.3 Å². The highest BCUT2D eigenvalue weighted by Crippen LogP contribution is 2.52. The molecule has 2 aromatic rings. The Bertz CT molecular complexity index is 1540. The molecule has 1 aromatic heterocycles. The third kappa shape index (κ3) is 10.6. The van der Waals surface area contributed by atoms with Crippen LogP contribution in [-0.2, 0) is 9.59 Å². The monoisotopic (exact) mass is 705 g/mol. The molecule has 2 heterocycles. The average Bonchev–Trinajstić information content (AvgIpc) is 3.21. The minimum absolute atomic E-state index is 0.0143. The van der Waals surface area contributed by atoms with Gasteiger partial charge in [0.15, 0.2) is 5.96 Å². The van der Waals surface area contributed by atoms with Crippen LogP contribution in [0.25, 0.3) is 10.9 Å². The predicted molar refractivity (Wildman–Crippen MR) is 167 cm³/mol. The molecule has 0 spiro atoms. The van der Waals surface area contributed by atoms with Crippen LogP contribution >= 0.6 is 0 Å². The van der Waals surface area contributed by atoms with Crippen molar-refractivity contribution in [1.29, 1.82) is 5.41 Å². The minimum Gasteiger partial charge on any atom is -0.475 e. The van der Waals surface area contributed by atoms with E-state index in [0.717, 1.165) is 68.0 Å². The van der Waals surface area contributed by atoms with Gasteiger partial charge in [-0.15, -0.1) is 0 Å². The highest BCUT2D eigenvalue weighted by atomic mass is 19.4. The van der Waals surface area contributed by atoms with Crippen molar-refractivity contribution >= 4 is 40.5 Å². The Balaban J connectivity index is 0.000000392. The van der Waals surface area contributed by atoms with Gasteiger partial charge in [-0.25, -0.2) is 19.6 Å². The fraction of sp³-hybridized carbons (Fsp3) is 0.613. The van der Waals surface area contributed by atoms with E-state index < -0.39 is 24.3 Å². The molecule has 18 heteroatoms. The number of aromatic nitrogens is 2. The van der Waals surface area contributed by atoms with Crippen LogP contribution in [0.1, 0.15) is 81.9 Å². The first-order valence-electron chi connectivity index (χ1n) is 15.5. The highest BCUT2D eigenvalue weighted by molar-refractivity contribution is 5.97. The van der Waals surface area contributed by atoms with Crippen molar-refractivity contribution in [2.24, 2.45) is 16.6 Å². The third-order valence-electron chi connectivity index (χ3n) is 8.63. The summed E-state index contributed by atoms with van der Waals surface area (Å²) in [5.41, 5.74) is 7.95. The van der Waals surface area contributed by atoms with E-state index in [0.29, 0.717) is 5.82 Å². The molecule has 272 valence electrons. The Hall–Kier alpha value is -4.38. The summed E-state index contributed by atoms with van der Waals surface area (Å²) in [6, 6.07) is 6.45. The van der Waals surface area contributed by atoms with Crippen LogP contribution in [-0.4, -0.2) is 85.9 Å². The Morgan fingerprint density at radius 3 is 2.04 bits per heavy atom. The number of rotatable bonds is 4. The second-order valence-electron chi connectivity index (χ2n) is 13.9. The summed E-state index contributed by atoms with van der Waals surface area (Å²) in [6.07, 6.45) is -2.86. The lowest BCUT2D eigenvalue weighted by atomic mass is 9.65. The SMILES string of the molecule is Cc1ccc2nc(C(=O)N3C[C@]4(C)CC3CC(C)(C)C4)nc(NC3CCCCC3NC(=N)N)c2c1.O=C(O)C(F)(F)F.O=C(O)C(F)(F)F. The van der Waals surface area contributed by atoms with Gasteiger partial charge in [-0.1, -0.05) is 45.2 Å². The molecule has 2 bridgehead atoms. The van der Waals surface area contributed by atoms with Gasteiger partial charge in [0, 0.05) is 30.1 Å². The van der Waals surface area contributed by atoms with E-state index in [1.807, 2.05) is 17.0 Å². The maximum atomic E-state index is 13.8. The van der Waals surface area contributed by atoms with Crippen LogP contribution in [0.5, 0.6) is 0 Å². The topological polar surface area (TPSA) is 195 Å². The fourth-order valence-electron chi connectivity index (χ4n) is 7.13. The molecule has 1 aromatic carbocycles. The molecule has 1 saturated heterocycles. The summed E-state index contributed by atoms with van der Waals surface area (Å²) >= 11 is 0. The molecule has 7 N–H and O–H groups in total. The van der Waals surface area contributed by atoms with Crippen molar-refractivity contribution in [2.45, 2.75) is 103 Å². The standard InChI is InChI=1S/C27H39N7O.2C2HF3O2/c1-16-9-10-19-18(11-16)22(31-20-7-5-6-8-21(20)32-25(28)29)33-23(30-19)24(35)34-15-27(4)13-17(34)12-26(2,3)14-27;2*3-2(4,5)1(6)7/h9-11,17,20-21H,5-8,12-15H2,1-4H3,(H4,28,29,32)(H,30,31,33);2*(H,6,7)/t17?,20?,21?,27-;;/m1../s1. The van der Waals surface area contributed by atoms with E-state index in [9.17, 15) is 31.1 Å². The van der Waals surface area contributed by atoms with Gasteiger partial charge in [-0.3, -0.25) is 10.2 Å². The van der Waals surface area contributed by atoms with E-state index in [1.165, 1.54) is 0 Å². The summed E-state index contributed by atoms with van der Waals surface area (Å²) in [5, 5.41) is 29.6. The quantitative estimate of drug-likeness (QED) is 0.135. The van der Waals surface area contributed by atoms with Crippen molar-refractivity contribution in [1.82, 2.24) is 20.2 Å². The van der Waals surface area contributed by atoms with Crippen LogP contribution in [0, 0.1) is 23.2 Å². The molecular weight excluding hydrogens is 664 g/mol. The maximum Gasteiger partial charge on any atom is 0.490 e. The van der Waals surface area contributed by atoms with Gasteiger partial charge < -0.3 is 31.5 Å². The highest BCUT2D eigenvalue weighted by Gasteiger charge is 2.51. The summed E-state index contributed by atoms with van der Waals surface area (Å²) in [5.74, 6) is -4.63. The Labute approximate surface area is 278 Å². The first-order valence-corrected chi connectivity index (χ1v) is 15.5. The summed E-state index contributed by atoms with van der Waals surface area (Å²) < 4.78 is 63.5. The third-order valence-corrected chi connectivity index (χ3v) is 8.63. The molecule has 3 aliphatic rings. The van der Waals surface area contributed by atoms with Crippen LogP contribution in [0.4, 0.5) is 32.2 Å². The number of carboxylic acid groups (broad SMARTS) is 2. The summed E-state index contributed by atoms with van der Waals surface area (Å²) in [4.78, 5) is 43.2. The van der Waals surface area contributed by atoms with Crippen LogP contribution in [0.3, 0.4) is 0 Å². The largest absolute Gasteiger partial charge is 0.490 e. The number of hydrogen-bond donors (Lipinski definition) is 6. The molecular formula is C31H41F6N7O5. The van der Waals surface area contributed by atoms with E-state index in [4.69, 9.17) is 40.9 Å². The first kappa shape index (κ1) is 39.1. The molecule has 2 saturated carbocycles. The second-order valence-corrected chi connectivity index (χ2v) is 13.9. The smallest absolute Gasteiger partial charge is 0.475 e. The number of nitrogens with zero attached hydrogens (tertiary/aromatic N) is 3. The number of carboxylic acids is 2. The number of guanidine groups is 1. The number of fused-ring (bicyclic) bond motifs is 3. The molecule has 4 atom stereocenters. The molecule has 3 fully saturated rings. The Kier molecular flexibility index (Phi) is 11.7. The van der Waals surface area contributed by atoms with Gasteiger partial charge in [0.1, 0.15) is 5.82 Å². The van der Waals surface area contributed by atoms with Crippen LogP contribution in [0.2, 0.25) is 0 Å². The number of halogens is 6. The van der Waals surface area contributed by atoms with E-state index >= 15 is 0 Å². The normalized spacial score (nSPS) is 24.4. The van der Waals surface area contributed by atoms with Gasteiger partial charge in [0.25, 0.3) is 5.91 Å². The molecule has 1 amide bonds. The zero-order valence-electron chi connectivity index (χ0n) is 27.4. The lowest BCUT2D eigenvalue weighted by Crippen LogP contribution is -2.50. The summed E-state index contributed by atoms with van der Waals surface area (Å²) in [7, 11) is 0. The molecule has 5 rings (SSSR count). The van der Waals surface area contributed by atoms with E-state index in [1.54, 1.807) is 0 Å². The number of nitrogens with two attached hydrogens (primary N) is 1. The van der Waals surface area contributed by atoms with E-state index in [-0.39, 0.29) is 46.6 Å². The van der Waals surface area contributed by atoms with Gasteiger partial charge in [0.2, 0.25) is 5.82 Å². The molecule has 12 nitrogen and oxygen atoms in total. The number of likely N-dealkylation sites (tertiary alicyclic amines) is 1. The minimum atomic E-state index is -5.08. The molecule has 2 aliphatic carbocycles. The zero-order valence-corrected chi connectivity index (χ0v) is 27.4. The number of aliphatic carboxylic acids is 2. The maximum absolute atomic E-state index is 13.8. The van der Waals surface area contributed by atoms with Crippen molar-refractivity contribution in [3.8, 4) is 0 Å². The van der Waals surface area contributed by atoms with Crippen LogP contribution < -0.4 is 16.4 Å². The Morgan fingerprint density at radius 2 is 1.51 bits per heavy atom. The predicted octanol–water partition coefficient (Wildman–Crippen LogP) is 5.45. The number of benzene rings is 1. The van der Waals surface area contributed by atoms with Crippen molar-refractivity contribution in [3.63, 3.8) is 0 Å². The number of anilines is 1. The number of carbonyl (C=O) groups excluding carboxylic acids is 1. The first-order chi connectivity index (χ1) is 22.4. The average molecular weight is 706 g/mol. The Morgan fingerprint density at radius 1 is 0.959 bits per heavy atom. The summed E-state index contributed by atoms with van der Waals surface area (Å²) in [6.45, 7) is 9.77. The lowest BCUT2D eigenvalue weighted by molar-refractivity contribution is -0.193. The van der Waals surface area contributed by atoms with Gasteiger partial charge in [0.05, 0.1) is 5.52 Å².